The molecule has 0 aliphatic rings. The number of hydrogen-bond donors (Lipinski definition) is 2. The van der Waals surface area contributed by atoms with Crippen molar-refractivity contribution in [2.45, 2.75) is 64.3 Å². The van der Waals surface area contributed by atoms with Crippen molar-refractivity contribution in [1.82, 2.24) is 19.7 Å². The molecular weight excluding hydrogens is 440 g/mol. The van der Waals surface area contributed by atoms with Crippen LogP contribution in [0, 0.1) is 12.8 Å². The van der Waals surface area contributed by atoms with Crippen molar-refractivity contribution in [2.75, 3.05) is 6.61 Å². The zero-order valence-corrected chi connectivity index (χ0v) is 20.4. The number of nitrogens with zero attached hydrogens (tertiary/aromatic N) is 2. The molecule has 0 amide bonds. The van der Waals surface area contributed by atoms with Gasteiger partial charge < -0.3 is 9.72 Å². The number of carbonyl (C=O) groups excluding carboxylic acids is 1. The molecule has 2 N–H and O–H groups in total. The number of esters is 1. The molecule has 33 heavy (non-hydrogen) atoms. The van der Waals surface area contributed by atoms with Gasteiger partial charge in [-0.15, -0.1) is 0 Å². The average Bonchev–Trinajstić information content (AvgIpc) is 3.14. The number of H-pyrrole nitrogens is 1. The van der Waals surface area contributed by atoms with E-state index in [0.29, 0.717) is 12.8 Å². The molecular formula is C24H32N4O4S. The summed E-state index contributed by atoms with van der Waals surface area (Å²) in [5, 5.41) is 0. The second-order valence-corrected chi connectivity index (χ2v) is 10.3. The molecule has 0 bridgehead atoms. The molecule has 0 unspecified atom stereocenters. The lowest BCUT2D eigenvalue weighted by atomic mass is 10.1. The maximum Gasteiger partial charge on any atom is 0.324 e. The highest BCUT2D eigenvalue weighted by atomic mass is 32.2. The molecule has 1 aromatic carbocycles. The number of ether oxygens (including phenoxy) is 1. The minimum Gasteiger partial charge on any atom is -0.465 e. The van der Waals surface area contributed by atoms with Gasteiger partial charge in [-0.1, -0.05) is 39.3 Å². The topological polar surface area (TPSA) is 114 Å². The van der Waals surface area contributed by atoms with Crippen molar-refractivity contribution in [2.24, 2.45) is 5.92 Å². The van der Waals surface area contributed by atoms with Gasteiger partial charge in [0.15, 0.2) is 0 Å². The molecule has 2 aromatic heterocycles. The molecule has 0 fully saturated rings. The summed E-state index contributed by atoms with van der Waals surface area (Å²) in [7, 11) is -3.88. The number of benzene rings is 1. The lowest BCUT2D eigenvalue weighted by Gasteiger charge is -2.19. The highest BCUT2D eigenvalue weighted by Gasteiger charge is 2.27. The van der Waals surface area contributed by atoms with Crippen LogP contribution < -0.4 is 4.72 Å². The number of unbranched alkanes of at least 4 members (excludes halogenated alkanes) is 1. The van der Waals surface area contributed by atoms with Crippen LogP contribution in [-0.4, -0.2) is 42.0 Å². The molecule has 0 spiro atoms. The zero-order valence-electron chi connectivity index (χ0n) is 19.6. The van der Waals surface area contributed by atoms with Crippen LogP contribution in [0.5, 0.6) is 0 Å². The maximum atomic E-state index is 13.0. The second-order valence-electron chi connectivity index (χ2n) is 8.62. The van der Waals surface area contributed by atoms with Crippen LogP contribution in [0.1, 0.15) is 57.1 Å². The van der Waals surface area contributed by atoms with Gasteiger partial charge in [-0.3, -0.25) is 9.78 Å². The third-order valence-electron chi connectivity index (χ3n) is 5.24. The second kappa shape index (κ2) is 10.9. The summed E-state index contributed by atoms with van der Waals surface area (Å²) >= 11 is 0. The highest BCUT2D eigenvalue weighted by Crippen LogP contribution is 2.19. The average molecular weight is 473 g/mol. The summed E-state index contributed by atoms with van der Waals surface area (Å²) in [6, 6.07) is 7.54. The normalized spacial score (nSPS) is 12.9. The molecule has 3 rings (SSSR count). The van der Waals surface area contributed by atoms with Crippen molar-refractivity contribution in [3.8, 4) is 0 Å². The van der Waals surface area contributed by atoms with Crippen LogP contribution in [0.25, 0.3) is 11.0 Å². The Kier molecular flexibility index (Phi) is 8.20. The van der Waals surface area contributed by atoms with Gasteiger partial charge in [0, 0.05) is 12.6 Å². The number of nitrogens with one attached hydrogen (secondary N) is 2. The van der Waals surface area contributed by atoms with E-state index >= 15 is 0 Å². The lowest BCUT2D eigenvalue weighted by molar-refractivity contribution is -0.146. The van der Waals surface area contributed by atoms with Crippen molar-refractivity contribution in [1.29, 1.82) is 0 Å². The Hall–Kier alpha value is -2.78. The van der Waals surface area contributed by atoms with E-state index in [1.807, 2.05) is 33.8 Å². The van der Waals surface area contributed by atoms with Crippen LogP contribution in [0.4, 0.5) is 0 Å². The summed E-state index contributed by atoms with van der Waals surface area (Å²) in [6.07, 6.45) is 4.25. The molecule has 8 nitrogen and oxygen atoms in total. The number of aryl methyl sites for hydroxylation is 1. The Morgan fingerprint density at radius 3 is 2.58 bits per heavy atom. The predicted molar refractivity (Wildman–Crippen MR) is 127 cm³/mol. The van der Waals surface area contributed by atoms with Crippen LogP contribution >= 0.6 is 0 Å². The fourth-order valence-corrected chi connectivity index (χ4v) is 4.76. The van der Waals surface area contributed by atoms with Crippen LogP contribution in [-0.2, 0) is 26.0 Å². The van der Waals surface area contributed by atoms with Gasteiger partial charge >= 0.3 is 5.97 Å². The van der Waals surface area contributed by atoms with Crippen LogP contribution in [0.3, 0.4) is 0 Å². The van der Waals surface area contributed by atoms with Crippen molar-refractivity contribution in [3.05, 3.63) is 53.6 Å². The number of rotatable bonds is 11. The zero-order chi connectivity index (χ0) is 24.0. The van der Waals surface area contributed by atoms with Gasteiger partial charge in [0.1, 0.15) is 11.9 Å². The summed E-state index contributed by atoms with van der Waals surface area (Å²) in [6.45, 7) is 8.05. The molecule has 0 saturated carbocycles. The molecule has 178 valence electrons. The van der Waals surface area contributed by atoms with E-state index < -0.39 is 22.0 Å². The predicted octanol–water partition coefficient (Wildman–Crippen LogP) is 3.89. The van der Waals surface area contributed by atoms with Gasteiger partial charge in [-0.05, 0) is 49.4 Å². The molecule has 2 heterocycles. The Balaban J connectivity index is 1.74. The first kappa shape index (κ1) is 24.9. The number of carbonyl (C=O) groups is 1. The minimum absolute atomic E-state index is 0.102. The Labute approximate surface area is 195 Å². The largest absolute Gasteiger partial charge is 0.465 e. The molecule has 3 aromatic rings. The fourth-order valence-electron chi connectivity index (χ4n) is 3.56. The van der Waals surface area contributed by atoms with Gasteiger partial charge in [0.25, 0.3) is 0 Å². The van der Waals surface area contributed by atoms with E-state index in [2.05, 4.69) is 19.7 Å². The maximum absolute atomic E-state index is 13.0. The number of pyridine rings is 1. The number of aromatic amines is 1. The van der Waals surface area contributed by atoms with Gasteiger partial charge in [0.05, 0.1) is 28.2 Å². The van der Waals surface area contributed by atoms with E-state index in [9.17, 15) is 13.2 Å². The van der Waals surface area contributed by atoms with E-state index in [-0.39, 0.29) is 17.4 Å². The summed E-state index contributed by atoms with van der Waals surface area (Å²) in [5.41, 5.74) is 3.49. The quantitative estimate of drug-likeness (QED) is 0.323. The first-order chi connectivity index (χ1) is 15.7. The summed E-state index contributed by atoms with van der Waals surface area (Å²) in [5.74, 6) is 0.405. The van der Waals surface area contributed by atoms with E-state index in [1.54, 1.807) is 30.5 Å². The van der Waals surface area contributed by atoms with Gasteiger partial charge in [0.2, 0.25) is 10.0 Å². The first-order valence-electron chi connectivity index (χ1n) is 11.3. The van der Waals surface area contributed by atoms with E-state index in [4.69, 9.17) is 4.74 Å². The molecule has 0 saturated heterocycles. The number of sulfonamides is 1. The Bertz CT molecular complexity index is 1190. The van der Waals surface area contributed by atoms with Crippen molar-refractivity contribution >= 4 is 27.0 Å². The smallest absolute Gasteiger partial charge is 0.324 e. The number of imidazole rings is 1. The van der Waals surface area contributed by atoms with E-state index in [0.717, 1.165) is 41.0 Å². The van der Waals surface area contributed by atoms with Gasteiger partial charge in [-0.25, -0.2) is 13.4 Å². The third kappa shape index (κ3) is 6.61. The minimum atomic E-state index is -3.88. The summed E-state index contributed by atoms with van der Waals surface area (Å²) < 4.78 is 33.7. The summed E-state index contributed by atoms with van der Waals surface area (Å²) in [4.78, 5) is 24.7. The lowest BCUT2D eigenvalue weighted by Crippen LogP contribution is -2.42. The number of aromatic nitrogens is 3. The molecule has 0 aliphatic heterocycles. The van der Waals surface area contributed by atoms with Crippen molar-refractivity contribution in [3.63, 3.8) is 0 Å². The molecule has 0 radical (unpaired) electrons. The highest BCUT2D eigenvalue weighted by molar-refractivity contribution is 7.89. The molecule has 1 atom stereocenters. The number of fused-ring (bicyclic) bond motifs is 1. The van der Waals surface area contributed by atoms with E-state index in [1.165, 1.54) is 0 Å². The Morgan fingerprint density at radius 1 is 1.18 bits per heavy atom. The Morgan fingerprint density at radius 2 is 1.91 bits per heavy atom. The van der Waals surface area contributed by atoms with Crippen molar-refractivity contribution < 1.29 is 17.9 Å². The SMILES string of the molecule is CCCCOC(=O)[C@H](CC(C)C)NS(=O)(=O)c1ccc(Cc2nccc3nc(C)[nH]c23)cc1. The van der Waals surface area contributed by atoms with Crippen LogP contribution in [0.2, 0.25) is 0 Å². The molecule has 0 aliphatic carbocycles. The monoisotopic (exact) mass is 472 g/mol. The molecule has 9 heteroatoms. The fraction of sp³-hybridized carbons (Fsp3) is 0.458. The standard InChI is InChI=1S/C24H32N4O4S/c1-5-6-13-32-24(29)22(14-16(2)3)28-33(30,31)19-9-7-18(8-10-19)15-21-23-20(11-12-25-21)26-17(4)27-23/h7-12,16,22,28H,5-6,13-15H2,1-4H3,(H,26,27)/t22-/m0/s1. The first-order valence-corrected chi connectivity index (χ1v) is 12.8. The third-order valence-corrected chi connectivity index (χ3v) is 6.73. The van der Waals surface area contributed by atoms with Crippen LogP contribution in [0.15, 0.2) is 41.4 Å². The number of hydrogen-bond acceptors (Lipinski definition) is 6. The van der Waals surface area contributed by atoms with Gasteiger partial charge in [-0.2, -0.15) is 4.72 Å².